The van der Waals surface area contributed by atoms with Crippen LogP contribution in [0.3, 0.4) is 0 Å². The summed E-state index contributed by atoms with van der Waals surface area (Å²) in [7, 11) is 2.06. The molecule has 0 bridgehead atoms. The van der Waals surface area contributed by atoms with Gasteiger partial charge in [-0.1, -0.05) is 6.07 Å². The van der Waals surface area contributed by atoms with Crippen LogP contribution in [0.4, 0.5) is 16.2 Å². The summed E-state index contributed by atoms with van der Waals surface area (Å²) < 4.78 is 0. The van der Waals surface area contributed by atoms with Crippen molar-refractivity contribution in [1.82, 2.24) is 14.9 Å². The van der Waals surface area contributed by atoms with E-state index in [1.165, 1.54) is 0 Å². The predicted molar refractivity (Wildman–Crippen MR) is 101 cm³/mol. The van der Waals surface area contributed by atoms with Crippen LogP contribution in [0.25, 0.3) is 0 Å². The third-order valence-electron chi connectivity index (χ3n) is 4.88. The first-order valence-corrected chi connectivity index (χ1v) is 8.96. The van der Waals surface area contributed by atoms with Gasteiger partial charge in [0.2, 0.25) is 0 Å². The number of urea groups is 1. The van der Waals surface area contributed by atoms with Crippen LogP contribution in [0.15, 0.2) is 36.7 Å². The second kappa shape index (κ2) is 7.59. The van der Waals surface area contributed by atoms with Crippen LogP contribution in [0.5, 0.6) is 0 Å². The maximum Gasteiger partial charge on any atom is 0.322 e. The van der Waals surface area contributed by atoms with Crippen molar-refractivity contribution in [2.24, 2.45) is 0 Å². The fraction of sp³-hybridized carbons (Fsp3) is 0.474. The van der Waals surface area contributed by atoms with Gasteiger partial charge in [-0.2, -0.15) is 0 Å². The molecule has 3 rings (SSSR count). The fourth-order valence-electron chi connectivity index (χ4n) is 3.22. The monoisotopic (exact) mass is 341 g/mol. The lowest BCUT2D eigenvalue weighted by atomic mass is 10.0. The van der Waals surface area contributed by atoms with Crippen LogP contribution in [-0.4, -0.2) is 40.5 Å². The number of benzene rings is 1. The van der Waals surface area contributed by atoms with E-state index in [2.05, 4.69) is 47.1 Å². The Morgan fingerprint density at radius 3 is 2.96 bits per heavy atom. The largest absolute Gasteiger partial charge is 0.372 e. The number of hydrogen-bond donors (Lipinski definition) is 2. The quantitative estimate of drug-likeness (QED) is 0.883. The lowest BCUT2D eigenvalue weighted by molar-refractivity contribution is 0.160. The summed E-state index contributed by atoms with van der Waals surface area (Å²) in [5.41, 5.74) is 1.91. The van der Waals surface area contributed by atoms with Gasteiger partial charge in [0.15, 0.2) is 0 Å². The fourth-order valence-corrected chi connectivity index (χ4v) is 3.22. The number of aromatic amines is 1. The number of amides is 2. The molecule has 1 atom stereocenters. The summed E-state index contributed by atoms with van der Waals surface area (Å²) in [6, 6.07) is 8.34. The number of imidazole rings is 1. The molecule has 0 saturated carbocycles. The van der Waals surface area contributed by atoms with Crippen molar-refractivity contribution in [3.8, 4) is 0 Å². The standard InChI is InChI=1S/C19H27N5O/c1-14(2)23(3)16-8-6-7-15(13-16)22-19(25)24-12-5-4-9-17(24)18-20-10-11-21-18/h6-8,10-11,13-14,17H,4-5,9,12H2,1-3H3,(H,20,21)(H,22,25)/t17-/m1/s1. The Bertz CT molecular complexity index is 698. The zero-order valence-corrected chi connectivity index (χ0v) is 15.2. The topological polar surface area (TPSA) is 64.3 Å². The van der Waals surface area contributed by atoms with Crippen LogP contribution in [-0.2, 0) is 0 Å². The molecule has 0 aliphatic carbocycles. The van der Waals surface area contributed by atoms with Gasteiger partial charge in [0.1, 0.15) is 5.82 Å². The van der Waals surface area contributed by atoms with Gasteiger partial charge in [0, 0.05) is 43.4 Å². The van der Waals surface area contributed by atoms with Gasteiger partial charge < -0.3 is 20.1 Å². The van der Waals surface area contributed by atoms with Crippen LogP contribution < -0.4 is 10.2 Å². The summed E-state index contributed by atoms with van der Waals surface area (Å²) in [5, 5.41) is 3.06. The Hall–Kier alpha value is -2.50. The van der Waals surface area contributed by atoms with Crippen LogP contribution in [0, 0.1) is 0 Å². The van der Waals surface area contributed by atoms with E-state index in [0.717, 1.165) is 43.0 Å². The Kier molecular flexibility index (Phi) is 5.26. The molecular formula is C19H27N5O. The van der Waals surface area contributed by atoms with E-state index in [1.54, 1.807) is 6.20 Å². The van der Waals surface area contributed by atoms with Gasteiger partial charge >= 0.3 is 6.03 Å². The third kappa shape index (κ3) is 3.95. The molecule has 134 valence electrons. The van der Waals surface area contributed by atoms with Crippen LogP contribution >= 0.6 is 0 Å². The van der Waals surface area contributed by atoms with Gasteiger partial charge in [-0.15, -0.1) is 0 Å². The number of H-pyrrole nitrogens is 1. The van der Waals surface area contributed by atoms with Crippen molar-refractivity contribution in [3.05, 3.63) is 42.5 Å². The minimum absolute atomic E-state index is 0.0188. The number of hydrogen-bond acceptors (Lipinski definition) is 3. The predicted octanol–water partition coefficient (Wildman–Crippen LogP) is 4.01. The summed E-state index contributed by atoms with van der Waals surface area (Å²) >= 11 is 0. The van der Waals surface area contributed by atoms with E-state index in [0.29, 0.717) is 6.04 Å². The minimum atomic E-state index is -0.0644. The molecule has 6 heteroatoms. The van der Waals surface area contributed by atoms with Gasteiger partial charge in [-0.25, -0.2) is 9.78 Å². The lowest BCUT2D eigenvalue weighted by Gasteiger charge is -2.34. The average Bonchev–Trinajstić information content (AvgIpc) is 3.15. The Labute approximate surface area is 149 Å². The minimum Gasteiger partial charge on any atom is -0.372 e. The number of nitrogens with zero attached hydrogens (tertiary/aromatic N) is 3. The van der Waals surface area contributed by atoms with E-state index in [1.807, 2.05) is 29.3 Å². The Morgan fingerprint density at radius 1 is 1.40 bits per heavy atom. The second-order valence-electron chi connectivity index (χ2n) is 6.86. The summed E-state index contributed by atoms with van der Waals surface area (Å²) in [4.78, 5) is 24.4. The normalized spacial score (nSPS) is 17.6. The molecule has 1 fully saturated rings. The Morgan fingerprint density at radius 2 is 2.24 bits per heavy atom. The summed E-state index contributed by atoms with van der Waals surface area (Å²) in [5.74, 6) is 0.864. The molecule has 2 aromatic rings. The van der Waals surface area contributed by atoms with Crippen LogP contribution in [0.1, 0.15) is 45.0 Å². The zero-order chi connectivity index (χ0) is 17.8. The number of nitrogens with one attached hydrogen (secondary N) is 2. The summed E-state index contributed by atoms with van der Waals surface area (Å²) in [6.07, 6.45) is 6.64. The molecule has 1 aromatic heterocycles. The molecule has 0 spiro atoms. The molecule has 1 saturated heterocycles. The smallest absolute Gasteiger partial charge is 0.322 e. The number of carbonyl (C=O) groups is 1. The molecule has 0 unspecified atom stereocenters. The maximum atomic E-state index is 12.8. The van der Waals surface area contributed by atoms with Crippen molar-refractivity contribution in [1.29, 1.82) is 0 Å². The molecular weight excluding hydrogens is 314 g/mol. The van der Waals surface area contributed by atoms with Gasteiger partial charge in [-0.05, 0) is 51.3 Å². The third-order valence-corrected chi connectivity index (χ3v) is 4.88. The molecule has 2 heterocycles. The van der Waals surface area contributed by atoms with E-state index >= 15 is 0 Å². The van der Waals surface area contributed by atoms with E-state index in [9.17, 15) is 4.79 Å². The van der Waals surface area contributed by atoms with Crippen molar-refractivity contribution < 1.29 is 4.79 Å². The number of rotatable bonds is 4. The number of piperidine rings is 1. The second-order valence-corrected chi connectivity index (χ2v) is 6.86. The van der Waals surface area contributed by atoms with Crippen molar-refractivity contribution in [2.45, 2.75) is 45.2 Å². The molecule has 0 radical (unpaired) electrons. The van der Waals surface area contributed by atoms with Gasteiger partial charge in [0.05, 0.1) is 6.04 Å². The summed E-state index contributed by atoms with van der Waals surface area (Å²) in [6.45, 7) is 5.04. The average molecular weight is 341 g/mol. The Balaban J connectivity index is 1.74. The molecule has 1 aliphatic rings. The van der Waals surface area contributed by atoms with E-state index < -0.39 is 0 Å². The molecule has 1 aliphatic heterocycles. The number of aromatic nitrogens is 2. The highest BCUT2D eigenvalue weighted by molar-refractivity contribution is 5.90. The lowest BCUT2D eigenvalue weighted by Crippen LogP contribution is -2.41. The van der Waals surface area contributed by atoms with Crippen LogP contribution in [0.2, 0.25) is 0 Å². The first-order chi connectivity index (χ1) is 12.1. The SMILES string of the molecule is CC(C)N(C)c1cccc(NC(=O)N2CCCC[C@@H]2c2ncc[nH]2)c1. The van der Waals surface area contributed by atoms with Gasteiger partial charge in [-0.3, -0.25) is 0 Å². The molecule has 6 nitrogen and oxygen atoms in total. The molecule has 2 N–H and O–H groups in total. The highest BCUT2D eigenvalue weighted by Crippen LogP contribution is 2.29. The molecule has 2 amide bonds. The zero-order valence-electron chi connectivity index (χ0n) is 15.2. The number of carbonyl (C=O) groups excluding carboxylic acids is 1. The van der Waals surface area contributed by atoms with Gasteiger partial charge in [0.25, 0.3) is 0 Å². The van der Waals surface area contributed by atoms with Crippen molar-refractivity contribution >= 4 is 17.4 Å². The highest BCUT2D eigenvalue weighted by atomic mass is 16.2. The van der Waals surface area contributed by atoms with E-state index in [-0.39, 0.29) is 12.1 Å². The van der Waals surface area contributed by atoms with E-state index in [4.69, 9.17) is 0 Å². The molecule has 1 aromatic carbocycles. The van der Waals surface area contributed by atoms with Crippen molar-refractivity contribution in [3.63, 3.8) is 0 Å². The number of likely N-dealkylation sites (tertiary alicyclic amines) is 1. The maximum absolute atomic E-state index is 12.8. The number of anilines is 2. The molecule has 25 heavy (non-hydrogen) atoms. The highest BCUT2D eigenvalue weighted by Gasteiger charge is 2.29. The first kappa shape index (κ1) is 17.3. The first-order valence-electron chi connectivity index (χ1n) is 8.96. The van der Waals surface area contributed by atoms with Crippen molar-refractivity contribution in [2.75, 3.05) is 23.8 Å².